The van der Waals surface area contributed by atoms with Gasteiger partial charge in [0, 0.05) is 0 Å². The molecule has 1 unspecified atom stereocenters. The van der Waals surface area contributed by atoms with Gasteiger partial charge in [-0.3, -0.25) is 0 Å². The van der Waals surface area contributed by atoms with Crippen LogP contribution >= 0.6 is 0 Å². The Morgan fingerprint density at radius 3 is 2.28 bits per heavy atom. The van der Waals surface area contributed by atoms with Gasteiger partial charge in [0.2, 0.25) is 0 Å². The minimum absolute atomic E-state index is 0.165. The molecule has 0 aromatic heterocycles. The predicted molar refractivity (Wildman–Crippen MR) is 99.1 cm³/mol. The smallest absolute Gasteiger partial charge is 0.336 e. The van der Waals surface area contributed by atoms with Gasteiger partial charge in [-0.2, -0.15) is 0 Å². The fraction of sp³-hybridized carbons (Fsp3) is 0.632. The third-order valence-electron chi connectivity index (χ3n) is 4.09. The number of aliphatic hydroxyl groups excluding tert-OH is 1. The van der Waals surface area contributed by atoms with E-state index in [0.717, 1.165) is 24.8 Å². The molecule has 0 spiro atoms. The highest BCUT2D eigenvalue weighted by molar-refractivity contribution is 7.92. The molecule has 142 valence electrons. The van der Waals surface area contributed by atoms with Crippen LogP contribution in [0.25, 0.3) is 0 Å². The molecule has 0 heterocycles. The van der Waals surface area contributed by atoms with Crippen molar-refractivity contribution < 1.29 is 23.1 Å². The van der Waals surface area contributed by atoms with Crippen molar-refractivity contribution in [1.29, 1.82) is 0 Å². The molecule has 1 N–H and O–H groups in total. The first-order valence-corrected chi connectivity index (χ1v) is 10.7. The van der Waals surface area contributed by atoms with E-state index in [0.29, 0.717) is 19.3 Å². The van der Waals surface area contributed by atoms with Crippen LogP contribution < -0.4 is 0 Å². The number of esters is 1. The minimum Gasteiger partial charge on any atom is -0.464 e. The average molecular weight is 371 g/mol. The van der Waals surface area contributed by atoms with Crippen LogP contribution in [0, 0.1) is 0 Å². The summed E-state index contributed by atoms with van der Waals surface area (Å²) in [6, 6.07) is 9.80. The summed E-state index contributed by atoms with van der Waals surface area (Å²) in [7, 11) is -3.52. The maximum absolute atomic E-state index is 12.4. The molecule has 0 aliphatic carbocycles. The number of carbonyl (C=O) groups excluding carboxylic acids is 1. The van der Waals surface area contributed by atoms with Crippen molar-refractivity contribution in [3.05, 3.63) is 35.9 Å². The highest BCUT2D eigenvalue weighted by atomic mass is 32.2. The van der Waals surface area contributed by atoms with E-state index in [-0.39, 0.29) is 6.61 Å². The van der Waals surface area contributed by atoms with Crippen molar-refractivity contribution in [2.45, 2.75) is 63.7 Å². The minimum atomic E-state index is -3.52. The van der Waals surface area contributed by atoms with E-state index >= 15 is 0 Å². The lowest BCUT2D eigenvalue weighted by Gasteiger charge is -2.18. The SMILES string of the molecule is CCCC(CCC)S(=O)(=O)CC(O)C(=O)OCCCc1ccccc1. The molecule has 5 nitrogen and oxygen atoms in total. The summed E-state index contributed by atoms with van der Waals surface area (Å²) in [6.45, 7) is 4.02. The highest BCUT2D eigenvalue weighted by Gasteiger charge is 2.30. The maximum atomic E-state index is 12.4. The van der Waals surface area contributed by atoms with Crippen LogP contribution in [0.3, 0.4) is 0 Å². The van der Waals surface area contributed by atoms with Gasteiger partial charge in [-0.25, -0.2) is 13.2 Å². The van der Waals surface area contributed by atoms with Crippen molar-refractivity contribution in [3.63, 3.8) is 0 Å². The number of aliphatic hydroxyl groups is 1. The number of ether oxygens (including phenoxy) is 1. The molecule has 0 radical (unpaired) electrons. The zero-order valence-corrected chi connectivity index (χ0v) is 16.0. The van der Waals surface area contributed by atoms with E-state index < -0.39 is 32.9 Å². The van der Waals surface area contributed by atoms with Crippen molar-refractivity contribution >= 4 is 15.8 Å². The number of aryl methyl sites for hydroxylation is 1. The van der Waals surface area contributed by atoms with Crippen LogP contribution in [0.5, 0.6) is 0 Å². The summed E-state index contributed by atoms with van der Waals surface area (Å²) >= 11 is 0. The Kier molecular flexibility index (Phi) is 9.75. The van der Waals surface area contributed by atoms with Gasteiger partial charge in [-0.05, 0) is 31.2 Å². The highest BCUT2D eigenvalue weighted by Crippen LogP contribution is 2.17. The van der Waals surface area contributed by atoms with E-state index in [1.807, 2.05) is 44.2 Å². The zero-order valence-electron chi connectivity index (χ0n) is 15.2. The fourth-order valence-corrected chi connectivity index (χ4v) is 4.80. The standard InChI is InChI=1S/C19H30O5S/c1-3-9-17(10-4-2)25(22,23)15-18(20)19(21)24-14-8-13-16-11-6-5-7-12-16/h5-7,11-12,17-18,20H,3-4,8-10,13-15H2,1-2H3. The molecule has 25 heavy (non-hydrogen) atoms. The summed E-state index contributed by atoms with van der Waals surface area (Å²) in [4.78, 5) is 11.8. The third-order valence-corrected chi connectivity index (χ3v) is 6.36. The number of carbonyl (C=O) groups is 1. The Balaban J connectivity index is 2.41. The molecule has 0 aliphatic heterocycles. The van der Waals surface area contributed by atoms with Gasteiger partial charge in [0.05, 0.1) is 17.6 Å². The Morgan fingerprint density at radius 2 is 1.72 bits per heavy atom. The molecule has 6 heteroatoms. The molecular formula is C19H30O5S. The number of benzene rings is 1. The van der Waals surface area contributed by atoms with Gasteiger partial charge in [-0.15, -0.1) is 0 Å². The number of hydrogen-bond donors (Lipinski definition) is 1. The van der Waals surface area contributed by atoms with Crippen LogP contribution in [0.15, 0.2) is 30.3 Å². The first kappa shape index (κ1) is 21.6. The number of sulfone groups is 1. The van der Waals surface area contributed by atoms with Gasteiger partial charge in [-0.1, -0.05) is 57.0 Å². The summed E-state index contributed by atoms with van der Waals surface area (Å²) in [6.07, 6.45) is 2.39. The molecule has 1 rings (SSSR count). The van der Waals surface area contributed by atoms with Crippen molar-refractivity contribution in [3.8, 4) is 0 Å². The van der Waals surface area contributed by atoms with E-state index in [2.05, 4.69) is 0 Å². The third kappa shape index (κ3) is 8.01. The second kappa shape index (κ2) is 11.3. The molecule has 0 fully saturated rings. The second-order valence-corrected chi connectivity index (χ2v) is 8.63. The molecule has 1 atom stereocenters. The van der Waals surface area contributed by atoms with Gasteiger partial charge < -0.3 is 9.84 Å². The summed E-state index contributed by atoms with van der Waals surface area (Å²) in [5.41, 5.74) is 1.14. The van der Waals surface area contributed by atoms with Gasteiger partial charge in [0.25, 0.3) is 0 Å². The first-order valence-electron chi connectivity index (χ1n) is 9.00. The molecule has 0 aliphatic rings. The monoisotopic (exact) mass is 370 g/mol. The Morgan fingerprint density at radius 1 is 1.12 bits per heavy atom. The zero-order chi connectivity index (χ0) is 18.7. The summed E-state index contributed by atoms with van der Waals surface area (Å²) in [5.74, 6) is -1.42. The van der Waals surface area contributed by atoms with E-state index in [4.69, 9.17) is 4.74 Å². The van der Waals surface area contributed by atoms with E-state index in [1.54, 1.807) is 0 Å². The molecule has 0 bridgehead atoms. The number of rotatable bonds is 12. The number of hydrogen-bond acceptors (Lipinski definition) is 5. The predicted octanol–water partition coefficient (Wildman–Crippen LogP) is 2.91. The lowest BCUT2D eigenvalue weighted by Crippen LogP contribution is -2.35. The quantitative estimate of drug-likeness (QED) is 0.452. The van der Waals surface area contributed by atoms with Crippen LogP contribution in [-0.4, -0.2) is 43.2 Å². The van der Waals surface area contributed by atoms with Gasteiger partial charge in [0.15, 0.2) is 15.9 Å². The largest absolute Gasteiger partial charge is 0.464 e. The van der Waals surface area contributed by atoms with Crippen molar-refractivity contribution in [1.82, 2.24) is 0 Å². The first-order chi connectivity index (χ1) is 11.9. The van der Waals surface area contributed by atoms with Crippen LogP contribution in [-0.2, 0) is 25.8 Å². The van der Waals surface area contributed by atoms with E-state index in [1.165, 1.54) is 0 Å². The fourth-order valence-electron chi connectivity index (χ4n) is 2.76. The molecule has 0 saturated heterocycles. The summed E-state index contributed by atoms with van der Waals surface area (Å²) in [5, 5.41) is 9.40. The second-order valence-electron chi connectivity index (χ2n) is 6.30. The average Bonchev–Trinajstić information content (AvgIpc) is 2.59. The van der Waals surface area contributed by atoms with Crippen molar-refractivity contribution in [2.24, 2.45) is 0 Å². The molecule has 1 aromatic rings. The van der Waals surface area contributed by atoms with Crippen molar-refractivity contribution in [2.75, 3.05) is 12.4 Å². The maximum Gasteiger partial charge on any atom is 0.336 e. The molecule has 1 aromatic carbocycles. The lowest BCUT2D eigenvalue weighted by atomic mass is 10.1. The molecule has 0 amide bonds. The van der Waals surface area contributed by atoms with Gasteiger partial charge in [0.1, 0.15) is 0 Å². The topological polar surface area (TPSA) is 80.7 Å². The van der Waals surface area contributed by atoms with Crippen LogP contribution in [0.2, 0.25) is 0 Å². The van der Waals surface area contributed by atoms with Gasteiger partial charge >= 0.3 is 5.97 Å². The van der Waals surface area contributed by atoms with E-state index in [9.17, 15) is 18.3 Å². The Labute approximate surface area is 151 Å². The normalized spacial score (nSPS) is 13.0. The Hall–Kier alpha value is -1.40. The molecule has 0 saturated carbocycles. The Bertz CT molecular complexity index is 592. The molecular weight excluding hydrogens is 340 g/mol. The van der Waals surface area contributed by atoms with Crippen LogP contribution in [0.4, 0.5) is 0 Å². The summed E-state index contributed by atoms with van der Waals surface area (Å²) < 4.78 is 29.8. The lowest BCUT2D eigenvalue weighted by molar-refractivity contribution is -0.152. The van der Waals surface area contributed by atoms with Crippen LogP contribution in [0.1, 0.15) is 51.5 Å².